The summed E-state index contributed by atoms with van der Waals surface area (Å²) >= 11 is 0. The lowest BCUT2D eigenvalue weighted by atomic mass is 9.87. The van der Waals surface area contributed by atoms with Crippen molar-refractivity contribution >= 4 is 5.91 Å². The van der Waals surface area contributed by atoms with Gasteiger partial charge in [0.1, 0.15) is 6.33 Å². The van der Waals surface area contributed by atoms with Crippen LogP contribution in [0.5, 0.6) is 0 Å². The molecule has 0 spiro atoms. The van der Waals surface area contributed by atoms with Crippen LogP contribution in [-0.4, -0.2) is 20.4 Å². The number of aryl methyl sites for hydroxylation is 2. The fourth-order valence-corrected chi connectivity index (χ4v) is 2.85. The van der Waals surface area contributed by atoms with Gasteiger partial charge in [0.25, 0.3) is 0 Å². The number of rotatable bonds is 3. The number of carbonyl (C=O) groups is 1. The smallest absolute Gasteiger partial charge is 0.223 e. The first-order valence-corrected chi connectivity index (χ1v) is 7.32. The van der Waals surface area contributed by atoms with E-state index in [4.69, 9.17) is 0 Å². The molecule has 0 aliphatic heterocycles. The summed E-state index contributed by atoms with van der Waals surface area (Å²) in [5, 5.41) is 3.05. The van der Waals surface area contributed by atoms with Gasteiger partial charge in [-0.2, -0.15) is 0 Å². The number of fused-ring (bicyclic) bond motifs is 1. The van der Waals surface area contributed by atoms with Gasteiger partial charge < -0.3 is 9.88 Å². The Morgan fingerprint density at radius 2 is 2.33 bits per heavy atom. The van der Waals surface area contributed by atoms with Crippen LogP contribution in [0.1, 0.15) is 29.1 Å². The molecule has 0 fully saturated rings. The van der Waals surface area contributed by atoms with Crippen molar-refractivity contribution in [1.29, 1.82) is 0 Å². The number of carbonyl (C=O) groups excluding carboxylic acids is 1. The van der Waals surface area contributed by atoms with E-state index in [2.05, 4.69) is 38.9 Å². The van der Waals surface area contributed by atoms with E-state index < -0.39 is 0 Å². The van der Waals surface area contributed by atoms with Gasteiger partial charge >= 0.3 is 0 Å². The minimum Gasteiger partial charge on any atom is -0.350 e. The molecule has 1 N–H and O–H groups in total. The van der Waals surface area contributed by atoms with Gasteiger partial charge in [0, 0.05) is 36.2 Å². The van der Waals surface area contributed by atoms with Crippen LogP contribution in [0.15, 0.2) is 24.7 Å². The molecule has 2 aromatic heterocycles. The lowest BCUT2D eigenvalue weighted by Gasteiger charge is -2.22. The van der Waals surface area contributed by atoms with Crippen molar-refractivity contribution in [2.45, 2.75) is 32.7 Å². The average molecular weight is 284 g/mol. The average Bonchev–Trinajstić information content (AvgIpc) is 2.84. The third-order valence-corrected chi connectivity index (χ3v) is 4.37. The minimum atomic E-state index is 0.0323. The topological polar surface area (TPSA) is 59.8 Å². The zero-order valence-electron chi connectivity index (χ0n) is 12.5. The molecule has 110 valence electrons. The molecule has 0 saturated carbocycles. The Morgan fingerprint density at radius 1 is 1.48 bits per heavy atom. The van der Waals surface area contributed by atoms with Crippen LogP contribution >= 0.6 is 0 Å². The Kier molecular flexibility index (Phi) is 3.73. The number of aromatic nitrogens is 3. The number of amides is 1. The van der Waals surface area contributed by atoms with Crippen molar-refractivity contribution in [2.24, 2.45) is 13.0 Å². The van der Waals surface area contributed by atoms with E-state index in [9.17, 15) is 4.79 Å². The molecule has 2 aromatic rings. The molecule has 5 heteroatoms. The van der Waals surface area contributed by atoms with Crippen LogP contribution in [0.25, 0.3) is 0 Å². The van der Waals surface area contributed by atoms with E-state index in [1.807, 2.05) is 13.2 Å². The fraction of sp³-hybridized carbons (Fsp3) is 0.438. The van der Waals surface area contributed by atoms with Crippen molar-refractivity contribution in [3.8, 4) is 0 Å². The van der Waals surface area contributed by atoms with Crippen molar-refractivity contribution in [3.63, 3.8) is 0 Å². The van der Waals surface area contributed by atoms with E-state index >= 15 is 0 Å². The molecule has 5 nitrogen and oxygen atoms in total. The summed E-state index contributed by atoms with van der Waals surface area (Å²) in [5.41, 5.74) is 4.52. The Bertz CT molecular complexity index is 662. The standard InChI is InChI=1S/C16H20N4O/c1-11-3-5-14(20(11)2)9-18-16(21)12-4-6-15-13(7-12)8-17-10-19-15/h3,5,8,10,12H,4,6-7,9H2,1-2H3,(H,18,21)/t12-/m0/s1. The zero-order chi connectivity index (χ0) is 14.8. The Labute approximate surface area is 124 Å². The van der Waals surface area contributed by atoms with Crippen molar-refractivity contribution < 1.29 is 4.79 Å². The molecule has 0 unspecified atom stereocenters. The summed E-state index contributed by atoms with van der Waals surface area (Å²) < 4.78 is 2.10. The molecule has 1 atom stereocenters. The van der Waals surface area contributed by atoms with Crippen molar-refractivity contribution in [1.82, 2.24) is 19.9 Å². The highest BCUT2D eigenvalue weighted by molar-refractivity contribution is 5.79. The first kappa shape index (κ1) is 13.8. The van der Waals surface area contributed by atoms with Crippen LogP contribution in [0.3, 0.4) is 0 Å². The van der Waals surface area contributed by atoms with Gasteiger partial charge in [-0.1, -0.05) is 0 Å². The minimum absolute atomic E-state index is 0.0323. The zero-order valence-corrected chi connectivity index (χ0v) is 12.5. The van der Waals surface area contributed by atoms with Gasteiger partial charge in [0.2, 0.25) is 5.91 Å². The SMILES string of the molecule is Cc1ccc(CNC(=O)[C@H]2CCc3ncncc3C2)n1C. The third kappa shape index (κ3) is 2.82. The van der Waals surface area contributed by atoms with Crippen LogP contribution in [0.2, 0.25) is 0 Å². The molecular formula is C16H20N4O. The van der Waals surface area contributed by atoms with Gasteiger partial charge in [-0.15, -0.1) is 0 Å². The molecule has 1 aliphatic carbocycles. The lowest BCUT2D eigenvalue weighted by Crippen LogP contribution is -2.34. The monoisotopic (exact) mass is 284 g/mol. The quantitative estimate of drug-likeness (QED) is 0.930. The molecular weight excluding hydrogens is 264 g/mol. The molecule has 0 radical (unpaired) electrons. The number of hydrogen-bond donors (Lipinski definition) is 1. The Hall–Kier alpha value is -2.17. The maximum absolute atomic E-state index is 12.3. The van der Waals surface area contributed by atoms with E-state index in [0.717, 1.165) is 36.2 Å². The predicted octanol–water partition coefficient (Wildman–Crippen LogP) is 1.54. The molecule has 0 bridgehead atoms. The third-order valence-electron chi connectivity index (χ3n) is 4.37. The number of nitrogens with one attached hydrogen (secondary N) is 1. The van der Waals surface area contributed by atoms with Gasteiger partial charge in [-0.05, 0) is 43.9 Å². The molecule has 0 aromatic carbocycles. The predicted molar refractivity (Wildman–Crippen MR) is 79.5 cm³/mol. The largest absolute Gasteiger partial charge is 0.350 e. The van der Waals surface area contributed by atoms with Crippen molar-refractivity contribution in [3.05, 3.63) is 47.3 Å². The van der Waals surface area contributed by atoms with Gasteiger partial charge in [0.05, 0.1) is 6.54 Å². The Morgan fingerprint density at radius 3 is 3.10 bits per heavy atom. The first-order valence-electron chi connectivity index (χ1n) is 7.32. The van der Waals surface area contributed by atoms with Crippen LogP contribution in [0.4, 0.5) is 0 Å². The lowest BCUT2D eigenvalue weighted by molar-refractivity contribution is -0.125. The molecule has 21 heavy (non-hydrogen) atoms. The van der Waals surface area contributed by atoms with Gasteiger partial charge in [-0.25, -0.2) is 9.97 Å². The van der Waals surface area contributed by atoms with Crippen LogP contribution in [-0.2, 0) is 31.2 Å². The second-order valence-corrected chi connectivity index (χ2v) is 5.68. The fourth-order valence-electron chi connectivity index (χ4n) is 2.85. The van der Waals surface area contributed by atoms with Crippen LogP contribution < -0.4 is 5.32 Å². The summed E-state index contributed by atoms with van der Waals surface area (Å²) in [6.45, 7) is 2.64. The summed E-state index contributed by atoms with van der Waals surface area (Å²) in [5.74, 6) is 0.160. The highest BCUT2D eigenvalue weighted by Crippen LogP contribution is 2.23. The molecule has 0 saturated heterocycles. The normalized spacial score (nSPS) is 17.3. The summed E-state index contributed by atoms with van der Waals surface area (Å²) in [6, 6.07) is 4.12. The van der Waals surface area contributed by atoms with Crippen molar-refractivity contribution in [2.75, 3.05) is 0 Å². The van der Waals surface area contributed by atoms with E-state index in [1.54, 1.807) is 6.33 Å². The first-order chi connectivity index (χ1) is 10.1. The highest BCUT2D eigenvalue weighted by atomic mass is 16.1. The van der Waals surface area contributed by atoms with E-state index in [0.29, 0.717) is 6.54 Å². The maximum Gasteiger partial charge on any atom is 0.223 e. The molecule has 1 aliphatic rings. The highest BCUT2D eigenvalue weighted by Gasteiger charge is 2.25. The van der Waals surface area contributed by atoms with Crippen LogP contribution in [0, 0.1) is 12.8 Å². The molecule has 1 amide bonds. The van der Waals surface area contributed by atoms with Gasteiger partial charge in [0.15, 0.2) is 0 Å². The summed E-state index contributed by atoms with van der Waals surface area (Å²) in [6.07, 6.45) is 5.88. The molecule has 2 heterocycles. The maximum atomic E-state index is 12.3. The second kappa shape index (κ2) is 5.68. The van der Waals surface area contributed by atoms with E-state index in [-0.39, 0.29) is 11.8 Å². The molecule has 3 rings (SSSR count). The second-order valence-electron chi connectivity index (χ2n) is 5.68. The van der Waals surface area contributed by atoms with Gasteiger partial charge in [-0.3, -0.25) is 4.79 Å². The summed E-state index contributed by atoms with van der Waals surface area (Å²) in [7, 11) is 2.02. The summed E-state index contributed by atoms with van der Waals surface area (Å²) in [4.78, 5) is 20.7. The number of hydrogen-bond acceptors (Lipinski definition) is 3. The van der Waals surface area contributed by atoms with E-state index in [1.165, 1.54) is 5.69 Å². The Balaban J connectivity index is 1.61. The number of nitrogens with zero attached hydrogens (tertiary/aromatic N) is 3.